The van der Waals surface area contributed by atoms with Crippen LogP contribution in [-0.4, -0.2) is 34.8 Å². The van der Waals surface area contributed by atoms with E-state index in [-0.39, 0.29) is 5.95 Å². The predicted molar refractivity (Wildman–Crippen MR) is 101 cm³/mol. The van der Waals surface area contributed by atoms with E-state index in [1.54, 1.807) is 24.5 Å². The molecule has 0 aliphatic rings. The van der Waals surface area contributed by atoms with Crippen LogP contribution in [0.25, 0.3) is 17.0 Å². The number of imidazole rings is 1. The fraction of sp³-hybridized carbons (Fsp3) is 0.211. The lowest BCUT2D eigenvalue weighted by molar-refractivity contribution is 0.112. The molecule has 9 nitrogen and oxygen atoms in total. The maximum Gasteiger partial charge on any atom is 0.240 e. The van der Waals surface area contributed by atoms with Crippen molar-refractivity contribution < 1.29 is 9.63 Å². The molecule has 0 spiro atoms. The van der Waals surface area contributed by atoms with Crippen molar-refractivity contribution in [3.8, 4) is 17.8 Å². The van der Waals surface area contributed by atoms with Gasteiger partial charge in [0.05, 0.1) is 11.0 Å². The number of benzene rings is 1. The first kappa shape index (κ1) is 17.6. The second kappa shape index (κ2) is 6.44. The summed E-state index contributed by atoms with van der Waals surface area (Å²) in [5.74, 6) is 7.63. The van der Waals surface area contributed by atoms with Gasteiger partial charge >= 0.3 is 0 Å². The van der Waals surface area contributed by atoms with Gasteiger partial charge in [-0.05, 0) is 39.0 Å². The Morgan fingerprint density at radius 2 is 2.00 bits per heavy atom. The minimum absolute atomic E-state index is 0.126. The Bertz CT molecular complexity index is 1240. The van der Waals surface area contributed by atoms with Crippen LogP contribution in [0.1, 0.15) is 29.8 Å². The van der Waals surface area contributed by atoms with Gasteiger partial charge in [-0.25, -0.2) is 15.0 Å². The highest BCUT2D eigenvalue weighted by Gasteiger charge is 2.24. The van der Waals surface area contributed by atoms with Crippen molar-refractivity contribution in [1.82, 2.24) is 29.7 Å². The molecule has 3 N–H and O–H groups in total. The van der Waals surface area contributed by atoms with Crippen molar-refractivity contribution in [2.75, 3.05) is 5.73 Å². The number of nitrogen functional groups attached to an aromatic ring is 1. The van der Waals surface area contributed by atoms with Gasteiger partial charge in [-0.1, -0.05) is 17.0 Å². The molecular weight excluding hydrogens is 358 g/mol. The SMILES string of the molecule is Cc1cc(C(C)(O)C#Cc2ccc3nc(C)n(-c4ncnc(N)n4)c3c2)no1. The number of hydrogen-bond acceptors (Lipinski definition) is 8. The van der Waals surface area contributed by atoms with Crippen LogP contribution in [0.4, 0.5) is 5.95 Å². The molecule has 0 radical (unpaired) electrons. The highest BCUT2D eigenvalue weighted by Crippen LogP contribution is 2.22. The number of nitrogens with zero attached hydrogens (tertiary/aromatic N) is 6. The average Bonchev–Trinajstić information content (AvgIpc) is 3.22. The summed E-state index contributed by atoms with van der Waals surface area (Å²) >= 11 is 0. The van der Waals surface area contributed by atoms with Crippen molar-refractivity contribution in [3.63, 3.8) is 0 Å². The fourth-order valence-corrected chi connectivity index (χ4v) is 2.79. The molecule has 140 valence electrons. The molecular formula is C19H17N7O2. The van der Waals surface area contributed by atoms with Gasteiger partial charge < -0.3 is 15.4 Å². The van der Waals surface area contributed by atoms with E-state index in [4.69, 9.17) is 10.3 Å². The molecule has 3 heterocycles. The zero-order valence-corrected chi connectivity index (χ0v) is 15.5. The Morgan fingerprint density at radius 1 is 1.18 bits per heavy atom. The Balaban J connectivity index is 1.78. The van der Waals surface area contributed by atoms with Crippen molar-refractivity contribution in [2.24, 2.45) is 0 Å². The molecule has 1 aromatic carbocycles. The van der Waals surface area contributed by atoms with Crippen molar-refractivity contribution in [1.29, 1.82) is 0 Å². The number of aromatic nitrogens is 6. The maximum absolute atomic E-state index is 10.6. The third kappa shape index (κ3) is 3.17. The van der Waals surface area contributed by atoms with E-state index >= 15 is 0 Å². The lowest BCUT2D eigenvalue weighted by Gasteiger charge is -2.11. The first-order valence-electron chi connectivity index (χ1n) is 8.47. The van der Waals surface area contributed by atoms with Crippen molar-refractivity contribution >= 4 is 17.0 Å². The number of aliphatic hydroxyl groups is 1. The molecule has 1 unspecified atom stereocenters. The van der Waals surface area contributed by atoms with Gasteiger partial charge in [0.1, 0.15) is 23.6 Å². The number of nitrogens with two attached hydrogens (primary N) is 1. The second-order valence-electron chi connectivity index (χ2n) is 6.49. The number of hydrogen-bond donors (Lipinski definition) is 2. The summed E-state index contributed by atoms with van der Waals surface area (Å²) in [4.78, 5) is 16.7. The third-order valence-corrected chi connectivity index (χ3v) is 4.18. The molecule has 0 aliphatic carbocycles. The molecule has 4 aromatic rings. The van der Waals surface area contributed by atoms with Gasteiger partial charge in [-0.15, -0.1) is 0 Å². The number of fused-ring (bicyclic) bond motifs is 1. The molecule has 0 saturated carbocycles. The van der Waals surface area contributed by atoms with Gasteiger partial charge in [-0.3, -0.25) is 4.57 Å². The van der Waals surface area contributed by atoms with E-state index < -0.39 is 5.60 Å². The number of aryl methyl sites for hydroxylation is 2. The monoisotopic (exact) mass is 375 g/mol. The van der Waals surface area contributed by atoms with Gasteiger partial charge in [0.25, 0.3) is 0 Å². The van der Waals surface area contributed by atoms with Gasteiger partial charge in [0, 0.05) is 11.6 Å². The van der Waals surface area contributed by atoms with E-state index in [1.165, 1.54) is 6.33 Å². The minimum atomic E-state index is -1.44. The van der Waals surface area contributed by atoms with Crippen LogP contribution in [0.2, 0.25) is 0 Å². The molecule has 0 aliphatic heterocycles. The van der Waals surface area contributed by atoms with Crippen molar-refractivity contribution in [2.45, 2.75) is 26.4 Å². The first-order chi connectivity index (χ1) is 13.3. The Labute approximate surface area is 160 Å². The smallest absolute Gasteiger partial charge is 0.240 e. The van der Waals surface area contributed by atoms with Gasteiger partial charge in [-0.2, -0.15) is 4.98 Å². The van der Waals surface area contributed by atoms with E-state index in [2.05, 4.69) is 36.9 Å². The van der Waals surface area contributed by atoms with Crippen molar-refractivity contribution in [3.05, 3.63) is 53.4 Å². The Morgan fingerprint density at radius 3 is 2.71 bits per heavy atom. The quantitative estimate of drug-likeness (QED) is 0.506. The van der Waals surface area contributed by atoms with Crippen LogP contribution >= 0.6 is 0 Å². The summed E-state index contributed by atoms with van der Waals surface area (Å²) in [5.41, 5.74) is 6.83. The topological polar surface area (TPSA) is 129 Å². The summed E-state index contributed by atoms with van der Waals surface area (Å²) in [5, 5.41) is 14.4. The summed E-state index contributed by atoms with van der Waals surface area (Å²) < 4.78 is 6.79. The van der Waals surface area contributed by atoms with E-state index in [0.717, 1.165) is 11.0 Å². The highest BCUT2D eigenvalue weighted by atomic mass is 16.5. The number of anilines is 1. The largest absolute Gasteiger partial charge is 0.372 e. The molecule has 4 rings (SSSR count). The zero-order valence-electron chi connectivity index (χ0n) is 15.5. The molecule has 9 heteroatoms. The molecule has 1 atom stereocenters. The Kier molecular flexibility index (Phi) is 4.05. The lowest BCUT2D eigenvalue weighted by Crippen LogP contribution is -2.18. The van der Waals surface area contributed by atoms with E-state index in [1.807, 2.05) is 25.1 Å². The predicted octanol–water partition coefficient (Wildman–Crippen LogP) is 1.66. The first-order valence-corrected chi connectivity index (χ1v) is 8.47. The van der Waals surface area contributed by atoms with Crippen LogP contribution in [0.5, 0.6) is 0 Å². The van der Waals surface area contributed by atoms with Crippen LogP contribution in [-0.2, 0) is 5.60 Å². The normalized spacial score (nSPS) is 13.1. The minimum Gasteiger partial charge on any atom is -0.372 e. The third-order valence-electron chi connectivity index (χ3n) is 4.18. The van der Waals surface area contributed by atoms with Gasteiger partial charge in [0.15, 0.2) is 5.60 Å². The number of rotatable bonds is 2. The van der Waals surface area contributed by atoms with Crippen LogP contribution in [0, 0.1) is 25.7 Å². The Hall–Kier alpha value is -3.77. The molecule has 0 fully saturated rings. The van der Waals surface area contributed by atoms with Crippen LogP contribution in [0.3, 0.4) is 0 Å². The maximum atomic E-state index is 10.6. The van der Waals surface area contributed by atoms with E-state index in [0.29, 0.717) is 28.8 Å². The second-order valence-corrected chi connectivity index (χ2v) is 6.49. The molecule has 0 bridgehead atoms. The molecule has 0 amide bonds. The fourth-order valence-electron chi connectivity index (χ4n) is 2.79. The highest BCUT2D eigenvalue weighted by molar-refractivity contribution is 5.79. The summed E-state index contributed by atoms with van der Waals surface area (Å²) in [6.07, 6.45) is 1.35. The summed E-state index contributed by atoms with van der Waals surface area (Å²) in [7, 11) is 0. The van der Waals surface area contributed by atoms with Gasteiger partial charge in [0.2, 0.25) is 11.9 Å². The lowest BCUT2D eigenvalue weighted by atomic mass is 10.0. The van der Waals surface area contributed by atoms with Crippen LogP contribution in [0.15, 0.2) is 35.1 Å². The summed E-state index contributed by atoms with van der Waals surface area (Å²) in [6.45, 7) is 5.17. The molecule has 0 saturated heterocycles. The average molecular weight is 375 g/mol. The zero-order chi connectivity index (χ0) is 19.9. The summed E-state index contributed by atoms with van der Waals surface area (Å²) in [6, 6.07) is 7.19. The standard InChI is InChI=1S/C19H17N7O2/c1-11-8-16(25-28-11)19(3,27)7-6-13-4-5-14-15(9-13)26(12(2)23-14)18-22-10-21-17(20)24-18/h4-5,8-10,27H,1-3H3,(H2,20,21,22,24). The molecule has 3 aromatic heterocycles. The molecule has 28 heavy (non-hydrogen) atoms. The van der Waals surface area contributed by atoms with E-state index in [9.17, 15) is 5.11 Å². The van der Waals surface area contributed by atoms with Crippen LogP contribution < -0.4 is 5.73 Å².